The van der Waals surface area contributed by atoms with E-state index in [1.165, 1.54) is 11.8 Å². The molecule has 0 aromatic carbocycles. The van der Waals surface area contributed by atoms with Crippen molar-refractivity contribution in [2.24, 2.45) is 0 Å². The van der Waals surface area contributed by atoms with Crippen LogP contribution in [0.1, 0.15) is 18.4 Å². The smallest absolute Gasteiger partial charge is 0.263 e. The summed E-state index contributed by atoms with van der Waals surface area (Å²) in [5.74, 6) is 1.35. The minimum absolute atomic E-state index is 0.0221. The number of oxazole rings is 1. The van der Waals surface area contributed by atoms with Crippen LogP contribution < -0.4 is 5.32 Å². The van der Waals surface area contributed by atoms with Gasteiger partial charge < -0.3 is 19.3 Å². The maximum atomic E-state index is 12.1. The molecule has 0 bridgehead atoms. The number of furan rings is 1. The average molecular weight is 324 g/mol. The van der Waals surface area contributed by atoms with Gasteiger partial charge in [-0.05, 0) is 32.2 Å². The first kappa shape index (κ1) is 16.6. The molecule has 0 aliphatic rings. The first-order valence-corrected chi connectivity index (χ1v) is 8.27. The molecule has 2 rings (SSSR count). The van der Waals surface area contributed by atoms with Gasteiger partial charge in [0.15, 0.2) is 5.76 Å². The second-order valence-electron chi connectivity index (χ2n) is 4.99. The van der Waals surface area contributed by atoms with Crippen molar-refractivity contribution in [2.45, 2.75) is 31.6 Å². The van der Waals surface area contributed by atoms with Crippen LogP contribution in [0, 0.1) is 6.92 Å². The lowest BCUT2D eigenvalue weighted by atomic mass is 10.2. The number of hydrogen-bond donors (Lipinski definition) is 2. The van der Waals surface area contributed by atoms with Crippen LogP contribution in [0.3, 0.4) is 0 Å². The Bertz CT molecular complexity index is 605. The molecule has 2 atom stereocenters. The van der Waals surface area contributed by atoms with Gasteiger partial charge in [-0.3, -0.25) is 4.79 Å². The van der Waals surface area contributed by atoms with Crippen molar-refractivity contribution in [3.63, 3.8) is 0 Å². The topological polar surface area (TPSA) is 88.5 Å². The van der Waals surface area contributed by atoms with Crippen molar-refractivity contribution in [2.75, 3.05) is 12.9 Å². The lowest BCUT2D eigenvalue weighted by Crippen LogP contribution is -2.42. The Morgan fingerprint density at radius 1 is 1.55 bits per heavy atom. The Labute approximate surface area is 133 Å². The van der Waals surface area contributed by atoms with Crippen LogP contribution in [0.15, 0.2) is 27.2 Å². The van der Waals surface area contributed by atoms with E-state index in [-0.39, 0.29) is 30.2 Å². The number of aryl methyl sites for hydroxylation is 1. The SMILES string of the molecule is CSC(CO)C(C)NC(=O)Cc1nc(-c2ccco2)oc1C. The number of carbonyl (C=O) groups is 1. The normalized spacial score (nSPS) is 13.8. The number of thioether (sulfide) groups is 1. The largest absolute Gasteiger partial charge is 0.459 e. The van der Waals surface area contributed by atoms with E-state index in [1.54, 1.807) is 25.3 Å². The summed E-state index contributed by atoms with van der Waals surface area (Å²) in [7, 11) is 0. The predicted molar refractivity (Wildman–Crippen MR) is 84.6 cm³/mol. The standard InChI is InChI=1S/C15H20N2O4S/c1-9(13(8-18)22-3)16-14(19)7-11-10(2)21-15(17-11)12-5-4-6-20-12/h4-6,9,13,18H,7-8H2,1-3H3,(H,16,19). The van der Waals surface area contributed by atoms with Crippen molar-refractivity contribution in [3.8, 4) is 11.7 Å². The van der Waals surface area contributed by atoms with Gasteiger partial charge in [-0.2, -0.15) is 11.8 Å². The van der Waals surface area contributed by atoms with Crippen molar-refractivity contribution in [1.82, 2.24) is 10.3 Å². The quantitative estimate of drug-likeness (QED) is 0.810. The number of aromatic nitrogens is 1. The maximum absolute atomic E-state index is 12.1. The summed E-state index contributed by atoms with van der Waals surface area (Å²) in [4.78, 5) is 16.4. The van der Waals surface area contributed by atoms with E-state index in [0.717, 1.165) is 0 Å². The first-order chi connectivity index (χ1) is 10.5. The molecule has 7 heteroatoms. The van der Waals surface area contributed by atoms with Crippen LogP contribution in [0.2, 0.25) is 0 Å². The molecule has 2 heterocycles. The molecular formula is C15H20N2O4S. The third kappa shape index (κ3) is 3.92. The van der Waals surface area contributed by atoms with Gasteiger partial charge in [0.05, 0.1) is 25.0 Å². The van der Waals surface area contributed by atoms with Gasteiger partial charge in [0, 0.05) is 11.3 Å². The van der Waals surface area contributed by atoms with Crippen LogP contribution in [0.4, 0.5) is 0 Å². The van der Waals surface area contributed by atoms with E-state index in [0.29, 0.717) is 23.1 Å². The van der Waals surface area contributed by atoms with Gasteiger partial charge in [-0.15, -0.1) is 0 Å². The molecular weight excluding hydrogens is 304 g/mol. The molecule has 22 heavy (non-hydrogen) atoms. The molecule has 1 amide bonds. The van der Waals surface area contributed by atoms with E-state index >= 15 is 0 Å². The molecule has 2 aromatic heterocycles. The second kappa shape index (κ2) is 7.51. The Morgan fingerprint density at radius 3 is 2.91 bits per heavy atom. The fourth-order valence-electron chi connectivity index (χ4n) is 2.08. The van der Waals surface area contributed by atoms with Crippen molar-refractivity contribution >= 4 is 17.7 Å². The highest BCUT2D eigenvalue weighted by atomic mass is 32.2. The molecule has 0 saturated carbocycles. The molecule has 120 valence electrons. The first-order valence-electron chi connectivity index (χ1n) is 6.98. The molecule has 0 spiro atoms. The Kier molecular flexibility index (Phi) is 5.68. The molecule has 0 radical (unpaired) electrons. The number of hydrogen-bond acceptors (Lipinski definition) is 6. The number of aliphatic hydroxyl groups excluding tert-OH is 1. The average Bonchev–Trinajstić information content (AvgIpc) is 3.10. The van der Waals surface area contributed by atoms with E-state index in [2.05, 4.69) is 10.3 Å². The third-order valence-electron chi connectivity index (χ3n) is 3.38. The van der Waals surface area contributed by atoms with Gasteiger partial charge in [0.25, 0.3) is 5.89 Å². The molecule has 0 aliphatic carbocycles. The highest BCUT2D eigenvalue weighted by Gasteiger charge is 2.20. The lowest BCUT2D eigenvalue weighted by molar-refractivity contribution is -0.121. The van der Waals surface area contributed by atoms with Gasteiger partial charge in [-0.25, -0.2) is 4.98 Å². The molecule has 2 aromatic rings. The summed E-state index contributed by atoms with van der Waals surface area (Å²) in [6.07, 6.45) is 3.58. The number of nitrogens with zero attached hydrogens (tertiary/aromatic N) is 1. The van der Waals surface area contributed by atoms with E-state index in [9.17, 15) is 9.90 Å². The number of aliphatic hydroxyl groups is 1. The summed E-state index contributed by atoms with van der Waals surface area (Å²) in [5.41, 5.74) is 0.584. The zero-order valence-electron chi connectivity index (χ0n) is 12.8. The minimum atomic E-state index is -0.151. The number of carbonyl (C=O) groups excluding carboxylic acids is 1. The lowest BCUT2D eigenvalue weighted by Gasteiger charge is -2.21. The maximum Gasteiger partial charge on any atom is 0.263 e. The summed E-state index contributed by atoms with van der Waals surface area (Å²) in [5, 5.41) is 12.1. The van der Waals surface area contributed by atoms with Gasteiger partial charge in [-0.1, -0.05) is 0 Å². The van der Waals surface area contributed by atoms with Crippen molar-refractivity contribution in [3.05, 3.63) is 29.9 Å². The van der Waals surface area contributed by atoms with E-state index in [1.807, 2.05) is 13.2 Å². The van der Waals surface area contributed by atoms with Crippen LogP contribution >= 0.6 is 11.8 Å². The van der Waals surface area contributed by atoms with E-state index in [4.69, 9.17) is 8.83 Å². The summed E-state index contributed by atoms with van der Waals surface area (Å²) < 4.78 is 10.8. The Balaban J connectivity index is 2.00. The van der Waals surface area contributed by atoms with Gasteiger partial charge >= 0.3 is 0 Å². The zero-order valence-corrected chi connectivity index (χ0v) is 13.6. The number of amides is 1. The van der Waals surface area contributed by atoms with Crippen molar-refractivity contribution < 1.29 is 18.7 Å². The summed E-state index contributed by atoms with van der Waals surface area (Å²) >= 11 is 1.52. The number of rotatable bonds is 7. The van der Waals surface area contributed by atoms with Crippen LogP contribution in [0.25, 0.3) is 11.7 Å². The van der Waals surface area contributed by atoms with Gasteiger partial charge in [0.2, 0.25) is 5.91 Å². The fraction of sp³-hybridized carbons (Fsp3) is 0.467. The third-order valence-corrected chi connectivity index (χ3v) is 4.54. The van der Waals surface area contributed by atoms with Crippen molar-refractivity contribution in [1.29, 1.82) is 0 Å². The summed E-state index contributed by atoms with van der Waals surface area (Å²) in [6.45, 7) is 3.66. The van der Waals surface area contributed by atoms with Crippen LogP contribution in [-0.2, 0) is 11.2 Å². The molecule has 2 N–H and O–H groups in total. The van der Waals surface area contributed by atoms with Crippen LogP contribution in [0.5, 0.6) is 0 Å². The minimum Gasteiger partial charge on any atom is -0.459 e. The fourth-order valence-corrected chi connectivity index (χ4v) is 2.71. The predicted octanol–water partition coefficient (Wildman–Crippen LogP) is 2.01. The Hall–Kier alpha value is -1.73. The molecule has 0 aliphatic heterocycles. The second-order valence-corrected chi connectivity index (χ2v) is 6.07. The highest BCUT2D eigenvalue weighted by molar-refractivity contribution is 7.99. The van der Waals surface area contributed by atoms with Gasteiger partial charge in [0.1, 0.15) is 5.76 Å². The molecule has 0 fully saturated rings. The highest BCUT2D eigenvalue weighted by Crippen LogP contribution is 2.22. The summed E-state index contributed by atoms with van der Waals surface area (Å²) in [6, 6.07) is 3.38. The Morgan fingerprint density at radius 2 is 2.32 bits per heavy atom. The molecule has 6 nitrogen and oxygen atoms in total. The zero-order chi connectivity index (χ0) is 16.1. The molecule has 0 saturated heterocycles. The van der Waals surface area contributed by atoms with E-state index < -0.39 is 0 Å². The van der Waals surface area contributed by atoms with Crippen LogP contribution in [-0.4, -0.2) is 40.2 Å². The monoisotopic (exact) mass is 324 g/mol. The molecule has 2 unspecified atom stereocenters. The number of nitrogens with one attached hydrogen (secondary N) is 1.